The Labute approximate surface area is 107 Å². The molecule has 104 valence electrons. The molecule has 0 unspecified atom stereocenters. The fraction of sp³-hybridized carbons (Fsp3) is 1.00. The van der Waals surface area contributed by atoms with Crippen LogP contribution in [0.2, 0.25) is 0 Å². The average molecular weight is 232 g/mol. The molecule has 0 aromatic heterocycles. The Kier molecular flexibility index (Phi) is 71.8. The predicted molar refractivity (Wildman–Crippen MR) is 82.3 cm³/mol. The van der Waals surface area contributed by atoms with Crippen molar-refractivity contribution in [2.75, 3.05) is 0 Å². The van der Waals surface area contributed by atoms with Gasteiger partial charge in [-0.1, -0.05) is 107 Å². The SMILES string of the molecule is CCCC.CCCC.CCCC.CCCC. The summed E-state index contributed by atoms with van der Waals surface area (Å²) < 4.78 is 0. The first-order valence-corrected chi connectivity index (χ1v) is 7.66. The van der Waals surface area contributed by atoms with Gasteiger partial charge in [0.1, 0.15) is 0 Å². The summed E-state index contributed by atoms with van der Waals surface area (Å²) in [5, 5.41) is 0. The molecule has 16 heavy (non-hydrogen) atoms. The molecule has 0 spiro atoms. The summed E-state index contributed by atoms with van der Waals surface area (Å²) in [6.45, 7) is 17.4. The van der Waals surface area contributed by atoms with Crippen LogP contribution in [0, 0.1) is 0 Å². The quantitative estimate of drug-likeness (QED) is 0.480. The third kappa shape index (κ3) is 148. The molecule has 0 aliphatic heterocycles. The Morgan fingerprint density at radius 2 is 0.312 bits per heavy atom. The minimum Gasteiger partial charge on any atom is -0.0654 e. The molecule has 0 heteroatoms. The van der Waals surface area contributed by atoms with Crippen molar-refractivity contribution in [2.24, 2.45) is 0 Å². The fourth-order valence-electron chi connectivity index (χ4n) is 0. The summed E-state index contributed by atoms with van der Waals surface area (Å²) >= 11 is 0. The van der Waals surface area contributed by atoms with Crippen molar-refractivity contribution in [3.05, 3.63) is 0 Å². The Hall–Kier alpha value is 0. The van der Waals surface area contributed by atoms with Gasteiger partial charge in [-0.3, -0.25) is 0 Å². The van der Waals surface area contributed by atoms with Crippen LogP contribution in [0.25, 0.3) is 0 Å². The van der Waals surface area contributed by atoms with Crippen LogP contribution in [0.3, 0.4) is 0 Å². The van der Waals surface area contributed by atoms with Gasteiger partial charge < -0.3 is 0 Å². The van der Waals surface area contributed by atoms with Gasteiger partial charge in [0.2, 0.25) is 0 Å². The van der Waals surface area contributed by atoms with Gasteiger partial charge in [-0.05, 0) is 0 Å². The first kappa shape index (κ1) is 25.0. The van der Waals surface area contributed by atoms with Crippen LogP contribution in [-0.2, 0) is 0 Å². The van der Waals surface area contributed by atoms with Gasteiger partial charge in [0.05, 0.1) is 0 Å². The van der Waals surface area contributed by atoms with E-state index in [1.165, 1.54) is 51.4 Å². The molecule has 0 atom stereocenters. The molecule has 0 N–H and O–H groups in total. The normalized spacial score (nSPS) is 7.50. The summed E-state index contributed by atoms with van der Waals surface area (Å²) in [4.78, 5) is 0. The second-order valence-electron chi connectivity index (χ2n) is 4.00. The van der Waals surface area contributed by atoms with Gasteiger partial charge in [0.15, 0.2) is 0 Å². The standard InChI is InChI=1S/4C4H10/c4*1-3-4-2/h4*3-4H2,1-2H3. The molecule has 0 nitrogen and oxygen atoms in total. The third-order valence-corrected chi connectivity index (χ3v) is 2.00. The van der Waals surface area contributed by atoms with Gasteiger partial charge in [-0.25, -0.2) is 0 Å². The molecule has 0 radical (unpaired) electrons. The molecule has 0 aromatic rings. The van der Waals surface area contributed by atoms with Crippen molar-refractivity contribution in [3.8, 4) is 0 Å². The monoisotopic (exact) mass is 232 g/mol. The van der Waals surface area contributed by atoms with Crippen LogP contribution in [0.4, 0.5) is 0 Å². The van der Waals surface area contributed by atoms with Crippen LogP contribution in [0.15, 0.2) is 0 Å². The van der Waals surface area contributed by atoms with Gasteiger partial charge in [0, 0.05) is 0 Å². The average Bonchev–Trinajstić information content (AvgIpc) is 2.39. The summed E-state index contributed by atoms with van der Waals surface area (Å²) in [5.74, 6) is 0. The lowest BCUT2D eigenvalue weighted by atomic mass is 10.4. The van der Waals surface area contributed by atoms with Crippen LogP contribution in [0.1, 0.15) is 107 Å². The highest BCUT2D eigenvalue weighted by Crippen LogP contribution is 1.77. The lowest BCUT2D eigenvalue weighted by Gasteiger charge is -1.68. The molecular weight excluding hydrogens is 192 g/mol. The zero-order valence-electron chi connectivity index (χ0n) is 13.7. The molecule has 0 saturated carbocycles. The van der Waals surface area contributed by atoms with E-state index >= 15 is 0 Å². The third-order valence-electron chi connectivity index (χ3n) is 2.00. The van der Waals surface area contributed by atoms with E-state index in [4.69, 9.17) is 0 Å². The van der Waals surface area contributed by atoms with Crippen molar-refractivity contribution in [3.63, 3.8) is 0 Å². The predicted octanol–water partition coefficient (Wildman–Crippen LogP) is 7.23. The maximum Gasteiger partial charge on any atom is -0.0564 e. The maximum atomic E-state index is 2.18. The fourth-order valence-corrected chi connectivity index (χ4v) is 0. The Morgan fingerprint density at radius 3 is 0.312 bits per heavy atom. The van der Waals surface area contributed by atoms with Crippen LogP contribution >= 0.6 is 0 Å². The molecule has 0 bridgehead atoms. The number of unbranched alkanes of at least 4 members (excludes halogenated alkanes) is 4. The molecule has 0 aliphatic rings. The van der Waals surface area contributed by atoms with Crippen molar-refractivity contribution in [1.29, 1.82) is 0 Å². The molecular formula is C16H40. The van der Waals surface area contributed by atoms with E-state index in [-0.39, 0.29) is 0 Å². The molecule has 0 fully saturated rings. The molecule has 0 heterocycles. The minimum absolute atomic E-state index is 1.32. The molecule has 0 aliphatic carbocycles. The van der Waals surface area contributed by atoms with E-state index in [1.807, 2.05) is 0 Å². The first-order chi connectivity index (χ1) is 7.66. The highest BCUT2D eigenvalue weighted by Gasteiger charge is 1.57. The first-order valence-electron chi connectivity index (χ1n) is 7.66. The molecule has 0 amide bonds. The van der Waals surface area contributed by atoms with Crippen LogP contribution in [-0.4, -0.2) is 0 Å². The maximum absolute atomic E-state index is 2.18. The summed E-state index contributed by atoms with van der Waals surface area (Å²) in [5.41, 5.74) is 0. The smallest absolute Gasteiger partial charge is 0.0564 e. The van der Waals surface area contributed by atoms with E-state index < -0.39 is 0 Å². The number of hydrogen-bond acceptors (Lipinski definition) is 0. The Morgan fingerprint density at radius 1 is 0.250 bits per heavy atom. The van der Waals surface area contributed by atoms with Gasteiger partial charge >= 0.3 is 0 Å². The molecule has 0 aromatic carbocycles. The highest BCUT2D eigenvalue weighted by atomic mass is 13.6. The largest absolute Gasteiger partial charge is 0.0654 e. The second-order valence-corrected chi connectivity index (χ2v) is 4.00. The van der Waals surface area contributed by atoms with Crippen molar-refractivity contribution < 1.29 is 0 Å². The molecule has 0 saturated heterocycles. The Balaban J connectivity index is -0.0000000600. The topological polar surface area (TPSA) is 0 Å². The Bertz CT molecular complexity index is 24.0. The van der Waals surface area contributed by atoms with Gasteiger partial charge in [0.25, 0.3) is 0 Å². The van der Waals surface area contributed by atoms with Crippen LogP contribution in [0.5, 0.6) is 0 Å². The van der Waals surface area contributed by atoms with Crippen molar-refractivity contribution in [1.82, 2.24) is 0 Å². The highest BCUT2D eigenvalue weighted by molar-refractivity contribution is 4.13. The molecule has 0 rings (SSSR count). The minimum atomic E-state index is 1.32. The van der Waals surface area contributed by atoms with Crippen LogP contribution < -0.4 is 0 Å². The van der Waals surface area contributed by atoms with E-state index in [0.717, 1.165) is 0 Å². The zero-order chi connectivity index (χ0) is 13.7. The zero-order valence-corrected chi connectivity index (χ0v) is 13.7. The van der Waals surface area contributed by atoms with Gasteiger partial charge in [-0.2, -0.15) is 0 Å². The van der Waals surface area contributed by atoms with E-state index in [0.29, 0.717) is 0 Å². The summed E-state index contributed by atoms with van der Waals surface area (Å²) in [6, 6.07) is 0. The summed E-state index contributed by atoms with van der Waals surface area (Å²) in [7, 11) is 0. The van der Waals surface area contributed by atoms with Gasteiger partial charge in [-0.15, -0.1) is 0 Å². The van der Waals surface area contributed by atoms with E-state index in [1.54, 1.807) is 0 Å². The number of rotatable bonds is 4. The summed E-state index contributed by atoms with van der Waals surface area (Å²) in [6.07, 6.45) is 10.6. The van der Waals surface area contributed by atoms with Crippen molar-refractivity contribution >= 4 is 0 Å². The van der Waals surface area contributed by atoms with E-state index in [9.17, 15) is 0 Å². The number of hydrogen-bond donors (Lipinski definition) is 0. The lowest BCUT2D eigenvalue weighted by molar-refractivity contribution is 0.886. The van der Waals surface area contributed by atoms with Crippen molar-refractivity contribution in [2.45, 2.75) is 107 Å². The lowest BCUT2D eigenvalue weighted by Crippen LogP contribution is -1.47. The van der Waals surface area contributed by atoms with E-state index in [2.05, 4.69) is 55.4 Å². The second kappa shape index (κ2) is 45.9.